The van der Waals surface area contributed by atoms with Crippen LogP contribution in [0.15, 0.2) is 30.3 Å². The topological polar surface area (TPSA) is 87.0 Å². The van der Waals surface area contributed by atoms with Gasteiger partial charge in [-0.3, -0.25) is 4.79 Å². The third-order valence-electron chi connectivity index (χ3n) is 6.99. The first-order valence-corrected chi connectivity index (χ1v) is 14.9. The number of amides is 1. The molecule has 9 heteroatoms. The minimum absolute atomic E-state index is 0.00452. The number of nitrogens with zero attached hydrogens (tertiary/aromatic N) is 5. The molecule has 1 unspecified atom stereocenters. The van der Waals surface area contributed by atoms with E-state index >= 15 is 0 Å². The van der Waals surface area contributed by atoms with Crippen LogP contribution >= 0.6 is 0 Å². The third kappa shape index (κ3) is 9.98. The number of anilines is 3. The van der Waals surface area contributed by atoms with Crippen molar-refractivity contribution in [1.82, 2.24) is 15.3 Å². The molecule has 1 aromatic heterocycles. The zero-order chi connectivity index (χ0) is 28.7. The fraction of sp³-hybridized carbons (Fsp3) is 0.613. The maximum atomic E-state index is 13.1. The molecule has 1 amide bonds. The molecule has 1 aromatic carbocycles. The number of aromatic nitrogens is 2. The van der Waals surface area contributed by atoms with E-state index in [0.717, 1.165) is 75.6 Å². The quantitative estimate of drug-likeness (QED) is 0.225. The number of carbonyl (C=O) groups excluding carboxylic acids is 1. The predicted molar refractivity (Wildman–Crippen MR) is 163 cm³/mol. The van der Waals surface area contributed by atoms with Crippen LogP contribution in [0.4, 0.5) is 23.1 Å². The molecule has 1 aliphatic rings. The van der Waals surface area contributed by atoms with Crippen molar-refractivity contribution in [3.05, 3.63) is 47.4 Å². The summed E-state index contributed by atoms with van der Waals surface area (Å²) in [5, 5.41) is 6.54. The molecule has 40 heavy (non-hydrogen) atoms. The minimum Gasteiger partial charge on any atom is -0.382 e. The summed E-state index contributed by atoms with van der Waals surface area (Å²) in [6, 6.07) is 9.47. The molecular weight excluding hydrogens is 502 g/mol. The molecule has 2 heterocycles. The normalized spacial score (nSPS) is 14.5. The lowest BCUT2D eigenvalue weighted by molar-refractivity contribution is -0.122. The van der Waals surface area contributed by atoms with E-state index < -0.39 is 0 Å². The van der Waals surface area contributed by atoms with Crippen LogP contribution in [0.1, 0.15) is 65.5 Å². The van der Waals surface area contributed by atoms with E-state index in [2.05, 4.69) is 46.0 Å². The second-order valence-corrected chi connectivity index (χ2v) is 10.8. The lowest BCUT2D eigenvalue weighted by Gasteiger charge is -2.25. The SMILES string of the molecule is [C-]#[N+]c1ccc(N2CCCN(c3nc(CCCC)cc(NC(CC(C)C)C(=O)NCCCOCC)n3)CC2)cc1. The Morgan fingerprint density at radius 3 is 2.52 bits per heavy atom. The van der Waals surface area contributed by atoms with E-state index in [4.69, 9.17) is 21.3 Å². The van der Waals surface area contributed by atoms with Gasteiger partial charge in [0.2, 0.25) is 11.9 Å². The van der Waals surface area contributed by atoms with Crippen LogP contribution in [0.2, 0.25) is 0 Å². The van der Waals surface area contributed by atoms with Crippen molar-refractivity contribution in [2.75, 3.05) is 61.1 Å². The molecule has 1 saturated heterocycles. The number of hydrogen-bond donors (Lipinski definition) is 2. The van der Waals surface area contributed by atoms with E-state index in [0.29, 0.717) is 43.6 Å². The second kappa shape index (κ2) is 16.7. The van der Waals surface area contributed by atoms with Gasteiger partial charge in [0.15, 0.2) is 5.69 Å². The highest BCUT2D eigenvalue weighted by atomic mass is 16.5. The molecule has 2 N–H and O–H groups in total. The summed E-state index contributed by atoms with van der Waals surface area (Å²) in [6.07, 6.45) is 5.52. The largest absolute Gasteiger partial charge is 0.382 e. The maximum Gasteiger partial charge on any atom is 0.242 e. The molecule has 0 spiro atoms. The Morgan fingerprint density at radius 2 is 1.82 bits per heavy atom. The van der Waals surface area contributed by atoms with Gasteiger partial charge in [0, 0.05) is 63.4 Å². The van der Waals surface area contributed by atoms with Crippen molar-refractivity contribution in [1.29, 1.82) is 0 Å². The summed E-state index contributed by atoms with van der Waals surface area (Å²) < 4.78 is 5.40. The minimum atomic E-state index is -0.369. The molecule has 0 aliphatic carbocycles. The van der Waals surface area contributed by atoms with Crippen molar-refractivity contribution in [2.24, 2.45) is 5.92 Å². The Morgan fingerprint density at radius 1 is 1.07 bits per heavy atom. The number of carbonyl (C=O) groups is 1. The average Bonchev–Trinajstić information content (AvgIpc) is 3.22. The van der Waals surface area contributed by atoms with Gasteiger partial charge in [0.05, 0.1) is 6.57 Å². The number of rotatable bonds is 15. The van der Waals surface area contributed by atoms with Crippen LogP contribution < -0.4 is 20.4 Å². The van der Waals surface area contributed by atoms with Crippen molar-refractivity contribution < 1.29 is 9.53 Å². The highest BCUT2D eigenvalue weighted by Gasteiger charge is 2.23. The number of benzene rings is 1. The molecule has 2 aromatic rings. The van der Waals surface area contributed by atoms with E-state index in [-0.39, 0.29) is 11.9 Å². The molecule has 1 fully saturated rings. The van der Waals surface area contributed by atoms with E-state index in [1.165, 1.54) is 0 Å². The summed E-state index contributed by atoms with van der Waals surface area (Å²) >= 11 is 0. The zero-order valence-corrected chi connectivity index (χ0v) is 24.8. The first-order valence-electron chi connectivity index (χ1n) is 14.9. The molecule has 9 nitrogen and oxygen atoms in total. The monoisotopic (exact) mass is 549 g/mol. The van der Waals surface area contributed by atoms with Crippen molar-refractivity contribution in [2.45, 2.75) is 72.3 Å². The first kappa shape index (κ1) is 31.2. The van der Waals surface area contributed by atoms with Gasteiger partial charge in [-0.15, -0.1) is 0 Å². The van der Waals surface area contributed by atoms with Crippen LogP contribution in [0.3, 0.4) is 0 Å². The van der Waals surface area contributed by atoms with E-state index in [9.17, 15) is 4.79 Å². The van der Waals surface area contributed by atoms with Crippen LogP contribution in [0.25, 0.3) is 4.85 Å². The first-order chi connectivity index (χ1) is 19.4. The number of aryl methyl sites for hydroxylation is 1. The predicted octanol–water partition coefficient (Wildman–Crippen LogP) is 5.46. The van der Waals surface area contributed by atoms with Crippen molar-refractivity contribution >= 4 is 29.0 Å². The summed E-state index contributed by atoms with van der Waals surface area (Å²) in [5.74, 6) is 1.78. The standard InChI is InChI=1S/C31H47N7O2/c1-6-8-11-26-23-29(35-28(22-24(3)4)30(39)33-16-9-21-40-7-2)36-31(34-26)38-18-10-17-37(19-20-38)27-14-12-25(32-5)13-15-27/h12-15,23-24,28H,6-11,16-22H2,1-4H3,(H,33,39)(H,34,35,36). The highest BCUT2D eigenvalue weighted by molar-refractivity contribution is 5.84. The summed E-state index contributed by atoms with van der Waals surface area (Å²) in [6.45, 7) is 21.0. The van der Waals surface area contributed by atoms with Crippen LogP contribution in [0, 0.1) is 12.5 Å². The van der Waals surface area contributed by atoms with Gasteiger partial charge in [-0.05, 0) is 57.1 Å². The maximum absolute atomic E-state index is 13.1. The fourth-order valence-corrected chi connectivity index (χ4v) is 4.83. The Labute approximate surface area is 240 Å². The number of unbranched alkanes of at least 4 members (excludes halogenated alkanes) is 1. The fourth-order valence-electron chi connectivity index (χ4n) is 4.83. The molecule has 1 aliphatic heterocycles. The highest BCUT2D eigenvalue weighted by Crippen LogP contribution is 2.23. The molecular formula is C31H47N7O2. The molecule has 0 saturated carbocycles. The second-order valence-electron chi connectivity index (χ2n) is 10.8. The van der Waals surface area contributed by atoms with Crippen molar-refractivity contribution in [3.63, 3.8) is 0 Å². The Balaban J connectivity index is 1.74. The third-order valence-corrected chi connectivity index (χ3v) is 6.99. The van der Waals surface area contributed by atoms with Crippen LogP contribution in [0.5, 0.6) is 0 Å². The Kier molecular flexibility index (Phi) is 13.0. The van der Waals surface area contributed by atoms with Gasteiger partial charge >= 0.3 is 0 Å². The van der Waals surface area contributed by atoms with E-state index in [1.807, 2.05) is 37.3 Å². The van der Waals surface area contributed by atoms with E-state index in [1.54, 1.807) is 0 Å². The van der Waals surface area contributed by atoms with Gasteiger partial charge < -0.3 is 25.2 Å². The van der Waals surface area contributed by atoms with Crippen LogP contribution in [-0.4, -0.2) is 67.9 Å². The summed E-state index contributed by atoms with van der Waals surface area (Å²) in [4.78, 5) is 31.1. The van der Waals surface area contributed by atoms with Gasteiger partial charge in [-0.25, -0.2) is 9.83 Å². The Bertz CT molecular complexity index is 1080. The van der Waals surface area contributed by atoms with Gasteiger partial charge in [-0.2, -0.15) is 4.98 Å². The van der Waals surface area contributed by atoms with Gasteiger partial charge in [0.25, 0.3) is 0 Å². The molecule has 0 bridgehead atoms. The van der Waals surface area contributed by atoms with Gasteiger partial charge in [0.1, 0.15) is 11.9 Å². The molecule has 3 rings (SSSR count). The molecule has 1 atom stereocenters. The molecule has 218 valence electrons. The van der Waals surface area contributed by atoms with Gasteiger partial charge in [-0.1, -0.05) is 39.3 Å². The summed E-state index contributed by atoms with van der Waals surface area (Å²) in [5.41, 5.74) is 2.80. The number of ether oxygens (including phenoxy) is 1. The smallest absolute Gasteiger partial charge is 0.242 e. The summed E-state index contributed by atoms with van der Waals surface area (Å²) in [7, 11) is 0. The average molecular weight is 550 g/mol. The molecule has 0 radical (unpaired) electrons. The number of nitrogens with one attached hydrogen (secondary N) is 2. The lowest BCUT2D eigenvalue weighted by atomic mass is 10.0. The Hall–Kier alpha value is -3.38. The number of hydrogen-bond acceptors (Lipinski definition) is 7. The lowest BCUT2D eigenvalue weighted by Crippen LogP contribution is -2.41. The van der Waals surface area contributed by atoms with Crippen LogP contribution in [-0.2, 0) is 16.0 Å². The zero-order valence-electron chi connectivity index (χ0n) is 24.8. The van der Waals surface area contributed by atoms with Crippen molar-refractivity contribution in [3.8, 4) is 0 Å².